The number of thiophene rings is 1. The molecule has 0 atom stereocenters. The van der Waals surface area contributed by atoms with Crippen LogP contribution in [0, 0.1) is 0 Å². The Morgan fingerprint density at radius 1 is 1.41 bits per heavy atom. The molecule has 2 heterocycles. The molecule has 2 aromatic heterocycles. The quantitative estimate of drug-likeness (QED) is 0.886. The van der Waals surface area contributed by atoms with Crippen LogP contribution in [0.2, 0.25) is 0 Å². The standard InChI is InChI=1S/C16H21N3O2S/c1-2-5-13-18-15-14(10-6-3-7-11(10)22-15)16(21)19(13)9-4-8-12(17)20/h2-9H2,1H3,(H2,17,20). The van der Waals surface area contributed by atoms with Crippen LogP contribution in [0.1, 0.15) is 48.9 Å². The summed E-state index contributed by atoms with van der Waals surface area (Å²) in [5.41, 5.74) is 6.48. The van der Waals surface area contributed by atoms with Gasteiger partial charge in [-0.2, -0.15) is 0 Å². The smallest absolute Gasteiger partial charge is 0.262 e. The fourth-order valence-electron chi connectivity index (χ4n) is 3.18. The van der Waals surface area contributed by atoms with E-state index >= 15 is 0 Å². The number of carbonyl (C=O) groups is 1. The lowest BCUT2D eigenvalue weighted by atomic mass is 10.2. The molecule has 118 valence electrons. The average Bonchev–Trinajstić information content (AvgIpc) is 3.02. The first-order valence-corrected chi connectivity index (χ1v) is 8.75. The number of amides is 1. The van der Waals surface area contributed by atoms with Crippen LogP contribution in [0.5, 0.6) is 0 Å². The number of carbonyl (C=O) groups excluding carboxylic acids is 1. The zero-order valence-corrected chi connectivity index (χ0v) is 13.7. The van der Waals surface area contributed by atoms with Crippen molar-refractivity contribution in [1.29, 1.82) is 0 Å². The number of nitrogens with zero attached hydrogens (tertiary/aromatic N) is 2. The van der Waals surface area contributed by atoms with Gasteiger partial charge in [0.25, 0.3) is 5.56 Å². The number of aryl methyl sites for hydroxylation is 3. The first-order valence-electron chi connectivity index (χ1n) is 7.94. The Balaban J connectivity index is 2.06. The van der Waals surface area contributed by atoms with E-state index in [0.717, 1.165) is 48.1 Å². The second-order valence-corrected chi connectivity index (χ2v) is 6.93. The normalized spacial score (nSPS) is 13.7. The van der Waals surface area contributed by atoms with Gasteiger partial charge < -0.3 is 5.73 Å². The van der Waals surface area contributed by atoms with E-state index in [4.69, 9.17) is 10.7 Å². The molecular weight excluding hydrogens is 298 g/mol. The second kappa shape index (κ2) is 6.20. The lowest BCUT2D eigenvalue weighted by molar-refractivity contribution is -0.118. The number of aromatic nitrogens is 2. The van der Waals surface area contributed by atoms with E-state index in [0.29, 0.717) is 19.4 Å². The molecule has 22 heavy (non-hydrogen) atoms. The molecule has 0 bridgehead atoms. The van der Waals surface area contributed by atoms with Crippen molar-refractivity contribution in [2.24, 2.45) is 5.73 Å². The fraction of sp³-hybridized carbons (Fsp3) is 0.562. The number of rotatable bonds is 6. The summed E-state index contributed by atoms with van der Waals surface area (Å²) in [7, 11) is 0. The number of hydrogen-bond donors (Lipinski definition) is 1. The van der Waals surface area contributed by atoms with E-state index in [1.165, 1.54) is 10.4 Å². The van der Waals surface area contributed by atoms with Crippen LogP contribution in [0.4, 0.5) is 0 Å². The molecular formula is C16H21N3O2S. The molecule has 0 radical (unpaired) electrons. The topological polar surface area (TPSA) is 78.0 Å². The SMILES string of the molecule is CCCc1nc2sc3c(c2c(=O)n1CCCC(N)=O)CCC3. The van der Waals surface area contributed by atoms with Crippen LogP contribution < -0.4 is 11.3 Å². The van der Waals surface area contributed by atoms with Gasteiger partial charge in [-0.1, -0.05) is 6.92 Å². The molecule has 0 aromatic carbocycles. The molecule has 0 fully saturated rings. The van der Waals surface area contributed by atoms with Crippen LogP contribution in [0.25, 0.3) is 10.2 Å². The van der Waals surface area contributed by atoms with E-state index in [1.54, 1.807) is 15.9 Å². The lowest BCUT2D eigenvalue weighted by Gasteiger charge is -2.11. The molecule has 3 rings (SSSR count). The monoisotopic (exact) mass is 319 g/mol. The average molecular weight is 319 g/mol. The highest BCUT2D eigenvalue weighted by molar-refractivity contribution is 7.18. The Kier molecular flexibility index (Phi) is 4.29. The van der Waals surface area contributed by atoms with Gasteiger partial charge in [-0.25, -0.2) is 4.98 Å². The molecule has 2 aromatic rings. The molecule has 0 saturated heterocycles. The number of fused-ring (bicyclic) bond motifs is 3. The van der Waals surface area contributed by atoms with Crippen molar-refractivity contribution in [1.82, 2.24) is 9.55 Å². The molecule has 1 aliphatic rings. The number of nitrogens with two attached hydrogens (primary N) is 1. The van der Waals surface area contributed by atoms with Crippen molar-refractivity contribution in [3.05, 3.63) is 26.6 Å². The maximum Gasteiger partial charge on any atom is 0.262 e. The summed E-state index contributed by atoms with van der Waals surface area (Å²) in [6, 6.07) is 0. The number of primary amides is 1. The third-order valence-corrected chi connectivity index (χ3v) is 5.37. The minimum atomic E-state index is -0.324. The molecule has 2 N–H and O–H groups in total. The molecule has 0 saturated carbocycles. The molecule has 6 heteroatoms. The highest BCUT2D eigenvalue weighted by atomic mass is 32.1. The van der Waals surface area contributed by atoms with Crippen molar-refractivity contribution < 1.29 is 4.79 Å². The van der Waals surface area contributed by atoms with Crippen LogP contribution >= 0.6 is 11.3 Å². The maximum atomic E-state index is 12.9. The van der Waals surface area contributed by atoms with Crippen LogP contribution in [-0.2, 0) is 30.6 Å². The zero-order chi connectivity index (χ0) is 15.7. The lowest BCUT2D eigenvalue weighted by Crippen LogP contribution is -2.26. The summed E-state index contributed by atoms with van der Waals surface area (Å²) >= 11 is 1.68. The molecule has 0 aliphatic heterocycles. The van der Waals surface area contributed by atoms with Gasteiger partial charge in [-0.3, -0.25) is 14.2 Å². The molecule has 1 amide bonds. The first kappa shape index (κ1) is 15.2. The highest BCUT2D eigenvalue weighted by Gasteiger charge is 2.22. The van der Waals surface area contributed by atoms with Gasteiger partial charge in [-0.15, -0.1) is 11.3 Å². The predicted molar refractivity (Wildman–Crippen MR) is 88.3 cm³/mol. The van der Waals surface area contributed by atoms with E-state index in [1.807, 2.05) is 0 Å². The third-order valence-electron chi connectivity index (χ3n) is 4.18. The zero-order valence-electron chi connectivity index (χ0n) is 12.9. The summed E-state index contributed by atoms with van der Waals surface area (Å²) in [6.45, 7) is 2.60. The molecule has 0 spiro atoms. The van der Waals surface area contributed by atoms with Gasteiger partial charge in [0.2, 0.25) is 5.91 Å². The highest BCUT2D eigenvalue weighted by Crippen LogP contribution is 2.34. The van der Waals surface area contributed by atoms with E-state index in [-0.39, 0.29) is 11.5 Å². The van der Waals surface area contributed by atoms with E-state index < -0.39 is 0 Å². The fourth-order valence-corrected chi connectivity index (χ4v) is 4.45. The van der Waals surface area contributed by atoms with Gasteiger partial charge in [0.1, 0.15) is 10.7 Å². The van der Waals surface area contributed by atoms with Crippen LogP contribution in [0.3, 0.4) is 0 Å². The Hall–Kier alpha value is -1.69. The van der Waals surface area contributed by atoms with Crippen LogP contribution in [-0.4, -0.2) is 15.5 Å². The van der Waals surface area contributed by atoms with Crippen LogP contribution in [0.15, 0.2) is 4.79 Å². The van der Waals surface area contributed by atoms with Gasteiger partial charge in [0, 0.05) is 24.3 Å². The minimum absolute atomic E-state index is 0.0670. The first-order chi connectivity index (χ1) is 10.6. The maximum absolute atomic E-state index is 12.9. The molecule has 1 aliphatic carbocycles. The predicted octanol–water partition coefficient (Wildman–Crippen LogP) is 2.16. The van der Waals surface area contributed by atoms with E-state index in [9.17, 15) is 9.59 Å². The van der Waals surface area contributed by atoms with E-state index in [2.05, 4.69) is 6.92 Å². The third kappa shape index (κ3) is 2.67. The Morgan fingerprint density at radius 2 is 2.23 bits per heavy atom. The van der Waals surface area contributed by atoms with Crippen molar-refractivity contribution in [3.63, 3.8) is 0 Å². The van der Waals surface area contributed by atoms with Crippen molar-refractivity contribution in [2.75, 3.05) is 0 Å². The second-order valence-electron chi connectivity index (χ2n) is 5.84. The molecule has 5 nitrogen and oxygen atoms in total. The Bertz CT molecular complexity index is 776. The van der Waals surface area contributed by atoms with Gasteiger partial charge >= 0.3 is 0 Å². The van der Waals surface area contributed by atoms with Gasteiger partial charge in [0.15, 0.2) is 0 Å². The number of hydrogen-bond acceptors (Lipinski definition) is 4. The van der Waals surface area contributed by atoms with Crippen molar-refractivity contribution in [3.8, 4) is 0 Å². The summed E-state index contributed by atoms with van der Waals surface area (Å²) < 4.78 is 1.76. The van der Waals surface area contributed by atoms with Gasteiger partial charge in [-0.05, 0) is 37.7 Å². The summed E-state index contributed by atoms with van der Waals surface area (Å²) in [6.07, 6.45) is 5.81. The summed E-state index contributed by atoms with van der Waals surface area (Å²) in [5.74, 6) is 0.514. The van der Waals surface area contributed by atoms with Crippen molar-refractivity contribution >= 4 is 27.5 Å². The van der Waals surface area contributed by atoms with Gasteiger partial charge in [0.05, 0.1) is 5.39 Å². The molecule has 0 unspecified atom stereocenters. The van der Waals surface area contributed by atoms with Crippen molar-refractivity contribution in [2.45, 2.75) is 58.4 Å². The Labute approximate surface area is 133 Å². The largest absolute Gasteiger partial charge is 0.370 e. The Morgan fingerprint density at radius 3 is 2.95 bits per heavy atom. The summed E-state index contributed by atoms with van der Waals surface area (Å²) in [5, 5.41) is 0.816. The minimum Gasteiger partial charge on any atom is -0.370 e. The summed E-state index contributed by atoms with van der Waals surface area (Å²) in [4.78, 5) is 30.8.